The highest BCUT2D eigenvalue weighted by Gasteiger charge is 2.25. The van der Waals surface area contributed by atoms with Crippen molar-refractivity contribution in [2.24, 2.45) is 0 Å². The first-order valence-electron chi connectivity index (χ1n) is 6.15. The molecule has 1 unspecified atom stereocenters. The normalized spacial score (nSPS) is 20.5. The fourth-order valence-corrected chi connectivity index (χ4v) is 2.01. The van der Waals surface area contributed by atoms with Crippen LogP contribution >= 0.6 is 0 Å². The number of carbonyl (C=O) groups excluding carboxylic acids is 2. The summed E-state index contributed by atoms with van der Waals surface area (Å²) in [5.74, 6) is -0.0760. The number of hydrogen-bond acceptors (Lipinski definition) is 3. The van der Waals surface area contributed by atoms with Gasteiger partial charge in [-0.05, 0) is 19.1 Å². The first-order valence-corrected chi connectivity index (χ1v) is 6.15. The number of rotatable bonds is 3. The van der Waals surface area contributed by atoms with Crippen molar-refractivity contribution in [2.45, 2.75) is 25.8 Å². The first-order chi connectivity index (χ1) is 8.66. The Kier molecular flexibility index (Phi) is 3.92. The van der Waals surface area contributed by atoms with Gasteiger partial charge in [0, 0.05) is 37.8 Å². The zero-order valence-electron chi connectivity index (χ0n) is 10.4. The Morgan fingerprint density at radius 3 is 3.00 bits per heavy atom. The van der Waals surface area contributed by atoms with Gasteiger partial charge in [0.1, 0.15) is 6.04 Å². The van der Waals surface area contributed by atoms with Gasteiger partial charge in [0.2, 0.25) is 11.8 Å². The monoisotopic (exact) mass is 247 g/mol. The van der Waals surface area contributed by atoms with Crippen molar-refractivity contribution in [1.82, 2.24) is 15.2 Å². The Balaban J connectivity index is 1.95. The highest BCUT2D eigenvalue weighted by molar-refractivity contribution is 5.89. The van der Waals surface area contributed by atoms with E-state index in [4.69, 9.17) is 0 Å². The average molecular weight is 247 g/mol. The molecule has 1 fully saturated rings. The van der Waals surface area contributed by atoms with E-state index in [1.54, 1.807) is 18.0 Å². The lowest BCUT2D eigenvalue weighted by Crippen LogP contribution is -2.43. The number of pyridine rings is 1. The van der Waals surface area contributed by atoms with Crippen molar-refractivity contribution in [2.75, 3.05) is 13.1 Å². The van der Waals surface area contributed by atoms with Gasteiger partial charge in [-0.1, -0.05) is 6.07 Å². The summed E-state index contributed by atoms with van der Waals surface area (Å²) in [6, 6.07) is 5.31. The van der Waals surface area contributed by atoms with Crippen LogP contribution in [0.3, 0.4) is 0 Å². The lowest BCUT2D eigenvalue weighted by atomic mass is 10.2. The van der Waals surface area contributed by atoms with Crippen LogP contribution in [0.15, 0.2) is 24.4 Å². The van der Waals surface area contributed by atoms with Crippen molar-refractivity contribution in [3.05, 3.63) is 30.1 Å². The summed E-state index contributed by atoms with van der Waals surface area (Å²) in [6.07, 6.45) is 2.83. The van der Waals surface area contributed by atoms with Crippen LogP contribution in [0.2, 0.25) is 0 Å². The van der Waals surface area contributed by atoms with E-state index in [2.05, 4.69) is 10.3 Å². The Morgan fingerprint density at radius 1 is 1.44 bits per heavy atom. The van der Waals surface area contributed by atoms with Gasteiger partial charge >= 0.3 is 0 Å². The van der Waals surface area contributed by atoms with Gasteiger partial charge in [-0.2, -0.15) is 0 Å². The molecular weight excluding hydrogens is 230 g/mol. The molecule has 96 valence electrons. The summed E-state index contributed by atoms with van der Waals surface area (Å²) in [6.45, 7) is 2.82. The maximum Gasteiger partial charge on any atom is 0.244 e. The van der Waals surface area contributed by atoms with Gasteiger partial charge in [0.15, 0.2) is 0 Å². The van der Waals surface area contributed by atoms with Gasteiger partial charge in [-0.3, -0.25) is 14.6 Å². The summed E-state index contributed by atoms with van der Waals surface area (Å²) in [4.78, 5) is 29.3. The van der Waals surface area contributed by atoms with Crippen LogP contribution in [0.5, 0.6) is 0 Å². The molecule has 0 spiro atoms. The molecule has 1 atom stereocenters. The van der Waals surface area contributed by atoms with Crippen molar-refractivity contribution in [3.63, 3.8) is 0 Å². The van der Waals surface area contributed by atoms with Gasteiger partial charge in [-0.15, -0.1) is 0 Å². The van der Waals surface area contributed by atoms with Crippen molar-refractivity contribution in [1.29, 1.82) is 0 Å². The molecule has 1 aromatic heterocycles. The van der Waals surface area contributed by atoms with Crippen molar-refractivity contribution < 1.29 is 9.59 Å². The first kappa shape index (κ1) is 12.5. The van der Waals surface area contributed by atoms with Gasteiger partial charge in [-0.25, -0.2) is 0 Å². The highest BCUT2D eigenvalue weighted by atomic mass is 16.2. The number of amides is 2. The molecule has 2 rings (SSSR count). The third-order valence-electron chi connectivity index (χ3n) is 3.03. The second-order valence-electron chi connectivity index (χ2n) is 4.44. The second kappa shape index (κ2) is 5.62. The van der Waals surface area contributed by atoms with Crippen LogP contribution in [0.25, 0.3) is 0 Å². The topological polar surface area (TPSA) is 62.3 Å². The van der Waals surface area contributed by atoms with Crippen LogP contribution in [-0.4, -0.2) is 40.8 Å². The third kappa shape index (κ3) is 3.06. The van der Waals surface area contributed by atoms with Crippen LogP contribution in [0.4, 0.5) is 0 Å². The van der Waals surface area contributed by atoms with Gasteiger partial charge < -0.3 is 10.2 Å². The summed E-state index contributed by atoms with van der Waals surface area (Å²) in [7, 11) is 0. The quantitative estimate of drug-likeness (QED) is 0.839. The fourth-order valence-electron chi connectivity index (χ4n) is 2.01. The Morgan fingerprint density at radius 2 is 2.28 bits per heavy atom. The maximum absolute atomic E-state index is 12.0. The fraction of sp³-hybridized carbons (Fsp3) is 0.462. The van der Waals surface area contributed by atoms with Crippen LogP contribution in [0.1, 0.15) is 19.0 Å². The second-order valence-corrected chi connectivity index (χ2v) is 4.44. The van der Waals surface area contributed by atoms with Gasteiger partial charge in [0.25, 0.3) is 0 Å². The van der Waals surface area contributed by atoms with Crippen molar-refractivity contribution in [3.8, 4) is 0 Å². The summed E-state index contributed by atoms with van der Waals surface area (Å²) in [5, 5.41) is 2.67. The maximum atomic E-state index is 12.0. The SMILES string of the molecule is CC1NC(=O)CCN(CCc2ccccn2)C1=O. The molecule has 1 aromatic rings. The molecule has 1 saturated heterocycles. The summed E-state index contributed by atoms with van der Waals surface area (Å²) in [5.41, 5.74) is 0.960. The lowest BCUT2D eigenvalue weighted by molar-refractivity contribution is -0.133. The molecule has 18 heavy (non-hydrogen) atoms. The van der Waals surface area contributed by atoms with E-state index in [-0.39, 0.29) is 11.8 Å². The average Bonchev–Trinajstić information content (AvgIpc) is 2.50. The minimum atomic E-state index is -0.427. The van der Waals surface area contributed by atoms with E-state index in [0.29, 0.717) is 25.9 Å². The molecule has 5 nitrogen and oxygen atoms in total. The Bertz CT molecular complexity index is 433. The highest BCUT2D eigenvalue weighted by Crippen LogP contribution is 2.05. The molecule has 2 heterocycles. The number of nitrogens with zero attached hydrogens (tertiary/aromatic N) is 2. The molecule has 0 aromatic carbocycles. The Hall–Kier alpha value is -1.91. The number of nitrogens with one attached hydrogen (secondary N) is 1. The third-order valence-corrected chi connectivity index (χ3v) is 3.03. The lowest BCUT2D eigenvalue weighted by Gasteiger charge is -2.21. The van der Waals surface area contributed by atoms with E-state index < -0.39 is 6.04 Å². The minimum absolute atomic E-state index is 0.0169. The molecule has 1 aliphatic heterocycles. The van der Waals surface area contributed by atoms with E-state index in [9.17, 15) is 9.59 Å². The van der Waals surface area contributed by atoms with Crippen LogP contribution in [-0.2, 0) is 16.0 Å². The summed E-state index contributed by atoms with van der Waals surface area (Å²) >= 11 is 0. The van der Waals surface area contributed by atoms with Crippen LogP contribution in [0, 0.1) is 0 Å². The molecule has 1 N–H and O–H groups in total. The largest absolute Gasteiger partial charge is 0.345 e. The van der Waals surface area contributed by atoms with E-state index >= 15 is 0 Å². The molecule has 1 aliphatic rings. The molecule has 0 radical (unpaired) electrons. The van der Waals surface area contributed by atoms with E-state index in [0.717, 1.165) is 5.69 Å². The smallest absolute Gasteiger partial charge is 0.244 e. The molecule has 0 saturated carbocycles. The molecule has 5 heteroatoms. The van der Waals surface area contributed by atoms with Crippen molar-refractivity contribution >= 4 is 11.8 Å². The molecule has 0 aliphatic carbocycles. The molecule has 0 bridgehead atoms. The van der Waals surface area contributed by atoms with E-state index in [1.165, 1.54) is 0 Å². The number of carbonyl (C=O) groups is 2. The standard InChI is InChI=1S/C13H17N3O2/c1-10-13(18)16(9-6-12(17)15-10)8-5-11-4-2-3-7-14-11/h2-4,7,10H,5-6,8-9H2,1H3,(H,15,17). The predicted molar refractivity (Wildman–Crippen MR) is 66.7 cm³/mol. The summed E-state index contributed by atoms with van der Waals surface area (Å²) < 4.78 is 0. The zero-order chi connectivity index (χ0) is 13.0. The Labute approximate surface area is 106 Å². The van der Waals surface area contributed by atoms with Gasteiger partial charge in [0.05, 0.1) is 0 Å². The predicted octanol–water partition coefficient (Wildman–Crippen LogP) is 0.361. The minimum Gasteiger partial charge on any atom is -0.345 e. The molecular formula is C13H17N3O2. The zero-order valence-corrected chi connectivity index (χ0v) is 10.4. The van der Waals surface area contributed by atoms with Crippen LogP contribution < -0.4 is 5.32 Å². The molecule has 2 amide bonds. The number of hydrogen-bond donors (Lipinski definition) is 1. The number of aromatic nitrogens is 1. The van der Waals surface area contributed by atoms with E-state index in [1.807, 2.05) is 18.2 Å².